The number of anilines is 1. The summed E-state index contributed by atoms with van der Waals surface area (Å²) in [5.74, 6) is 0.107. The topological polar surface area (TPSA) is 29.0 Å². The van der Waals surface area contributed by atoms with Crippen molar-refractivity contribution in [3.8, 4) is 0 Å². The van der Waals surface area contributed by atoms with Crippen LogP contribution in [0, 0.1) is 0 Å². The summed E-state index contributed by atoms with van der Waals surface area (Å²) < 4.78 is 38.2. The van der Waals surface area contributed by atoms with Crippen LogP contribution in [0.25, 0.3) is 0 Å². The van der Waals surface area contributed by atoms with E-state index in [2.05, 4.69) is 9.97 Å². The predicted molar refractivity (Wildman–Crippen MR) is 74.8 cm³/mol. The zero-order chi connectivity index (χ0) is 15.3. The largest absolute Gasteiger partial charge is 0.433 e. The van der Waals surface area contributed by atoms with E-state index in [4.69, 9.17) is 0 Å². The van der Waals surface area contributed by atoms with E-state index in [9.17, 15) is 13.2 Å². The van der Waals surface area contributed by atoms with Crippen LogP contribution in [-0.4, -0.2) is 16.5 Å². The van der Waals surface area contributed by atoms with Crippen LogP contribution in [0.15, 0.2) is 42.6 Å². The van der Waals surface area contributed by atoms with Crippen LogP contribution in [0.3, 0.4) is 0 Å². The molecule has 1 aromatic carbocycles. The Morgan fingerprint density at radius 2 is 1.81 bits per heavy atom. The van der Waals surface area contributed by atoms with E-state index < -0.39 is 11.9 Å². The molecule has 0 atom stereocenters. The molecule has 0 radical (unpaired) electrons. The standard InChI is InChI=1S/C15H16F3N3/c1-2-10-21(11-12-6-4-3-5-7-12)14-19-9-8-13(20-14)15(16,17)18/h3-9H,2,10-11H2,1H3. The highest BCUT2D eigenvalue weighted by Crippen LogP contribution is 2.28. The molecule has 0 aliphatic heterocycles. The van der Waals surface area contributed by atoms with E-state index in [1.165, 1.54) is 0 Å². The summed E-state index contributed by atoms with van der Waals surface area (Å²) in [6.45, 7) is 3.04. The zero-order valence-electron chi connectivity index (χ0n) is 11.6. The molecule has 0 fully saturated rings. The molecule has 112 valence electrons. The molecule has 0 unspecified atom stereocenters. The third kappa shape index (κ3) is 4.18. The van der Waals surface area contributed by atoms with Gasteiger partial charge in [0.2, 0.25) is 5.95 Å². The van der Waals surface area contributed by atoms with Crippen LogP contribution in [0.4, 0.5) is 19.1 Å². The Kier molecular flexibility index (Phi) is 4.77. The van der Waals surface area contributed by atoms with Crippen LogP contribution in [-0.2, 0) is 12.7 Å². The van der Waals surface area contributed by atoms with Crippen molar-refractivity contribution in [1.29, 1.82) is 0 Å². The normalized spacial score (nSPS) is 11.4. The summed E-state index contributed by atoms with van der Waals surface area (Å²) in [4.78, 5) is 9.39. The lowest BCUT2D eigenvalue weighted by atomic mass is 10.2. The van der Waals surface area contributed by atoms with Gasteiger partial charge in [-0.15, -0.1) is 0 Å². The molecular formula is C15H16F3N3. The Hall–Kier alpha value is -2.11. The molecule has 1 aromatic heterocycles. The fourth-order valence-electron chi connectivity index (χ4n) is 1.98. The van der Waals surface area contributed by atoms with E-state index in [0.29, 0.717) is 13.1 Å². The van der Waals surface area contributed by atoms with Gasteiger partial charge in [-0.2, -0.15) is 13.2 Å². The molecule has 21 heavy (non-hydrogen) atoms. The van der Waals surface area contributed by atoms with Crippen molar-refractivity contribution < 1.29 is 13.2 Å². The minimum Gasteiger partial charge on any atom is -0.337 e. The van der Waals surface area contributed by atoms with E-state index in [1.807, 2.05) is 37.3 Å². The second kappa shape index (κ2) is 6.56. The molecule has 6 heteroatoms. The Morgan fingerprint density at radius 1 is 1.10 bits per heavy atom. The monoisotopic (exact) mass is 295 g/mol. The van der Waals surface area contributed by atoms with Gasteiger partial charge in [0.05, 0.1) is 0 Å². The van der Waals surface area contributed by atoms with Gasteiger partial charge in [-0.1, -0.05) is 37.3 Å². The summed E-state index contributed by atoms with van der Waals surface area (Å²) in [5, 5.41) is 0. The Balaban J connectivity index is 2.26. The van der Waals surface area contributed by atoms with Crippen molar-refractivity contribution in [3.05, 3.63) is 53.9 Å². The van der Waals surface area contributed by atoms with E-state index in [1.54, 1.807) is 4.90 Å². The number of benzene rings is 1. The third-order valence-corrected chi connectivity index (χ3v) is 2.93. The number of alkyl halides is 3. The first-order valence-corrected chi connectivity index (χ1v) is 6.70. The van der Waals surface area contributed by atoms with Crippen LogP contribution in [0.1, 0.15) is 24.6 Å². The summed E-state index contributed by atoms with van der Waals surface area (Å²) in [6, 6.07) is 10.4. The molecule has 3 nitrogen and oxygen atoms in total. The van der Waals surface area contributed by atoms with Crippen LogP contribution < -0.4 is 4.90 Å². The highest BCUT2D eigenvalue weighted by atomic mass is 19.4. The van der Waals surface area contributed by atoms with Crippen molar-refractivity contribution in [2.45, 2.75) is 26.1 Å². The van der Waals surface area contributed by atoms with Crippen molar-refractivity contribution in [2.24, 2.45) is 0 Å². The molecule has 0 saturated carbocycles. The van der Waals surface area contributed by atoms with Crippen LogP contribution in [0.5, 0.6) is 0 Å². The average Bonchev–Trinajstić information content (AvgIpc) is 2.47. The van der Waals surface area contributed by atoms with E-state index in [0.717, 1.165) is 24.2 Å². The van der Waals surface area contributed by atoms with Crippen molar-refractivity contribution in [3.63, 3.8) is 0 Å². The minimum absolute atomic E-state index is 0.107. The van der Waals surface area contributed by atoms with E-state index in [-0.39, 0.29) is 5.95 Å². The van der Waals surface area contributed by atoms with Gasteiger partial charge in [-0.05, 0) is 18.1 Å². The molecule has 0 amide bonds. The lowest BCUT2D eigenvalue weighted by Crippen LogP contribution is -2.26. The number of hydrogen-bond donors (Lipinski definition) is 0. The quantitative estimate of drug-likeness (QED) is 0.837. The lowest BCUT2D eigenvalue weighted by Gasteiger charge is -2.22. The molecular weight excluding hydrogens is 279 g/mol. The van der Waals surface area contributed by atoms with Gasteiger partial charge in [0.15, 0.2) is 0 Å². The lowest BCUT2D eigenvalue weighted by molar-refractivity contribution is -0.141. The van der Waals surface area contributed by atoms with Gasteiger partial charge in [0.25, 0.3) is 0 Å². The smallest absolute Gasteiger partial charge is 0.337 e. The van der Waals surface area contributed by atoms with Gasteiger partial charge in [0, 0.05) is 19.3 Å². The fourth-order valence-corrected chi connectivity index (χ4v) is 1.98. The second-order valence-corrected chi connectivity index (χ2v) is 4.65. The second-order valence-electron chi connectivity index (χ2n) is 4.65. The molecule has 2 aromatic rings. The van der Waals surface area contributed by atoms with Crippen LogP contribution >= 0.6 is 0 Å². The first-order chi connectivity index (χ1) is 10.0. The SMILES string of the molecule is CCCN(Cc1ccccc1)c1nccc(C(F)(F)F)n1. The highest BCUT2D eigenvalue weighted by Gasteiger charge is 2.33. The summed E-state index contributed by atoms with van der Waals surface area (Å²) in [5.41, 5.74) is 0.0913. The highest BCUT2D eigenvalue weighted by molar-refractivity contribution is 5.33. The molecule has 0 aliphatic rings. The molecule has 0 spiro atoms. The third-order valence-electron chi connectivity index (χ3n) is 2.93. The van der Waals surface area contributed by atoms with Crippen molar-refractivity contribution in [2.75, 3.05) is 11.4 Å². The molecule has 0 aliphatic carbocycles. The fraction of sp³-hybridized carbons (Fsp3) is 0.333. The maximum Gasteiger partial charge on any atom is 0.433 e. The predicted octanol–water partition coefficient (Wildman–Crippen LogP) is 3.91. The van der Waals surface area contributed by atoms with Crippen LogP contribution in [0.2, 0.25) is 0 Å². The minimum atomic E-state index is -4.46. The van der Waals surface area contributed by atoms with Gasteiger partial charge < -0.3 is 4.90 Å². The average molecular weight is 295 g/mol. The molecule has 1 heterocycles. The summed E-state index contributed by atoms with van der Waals surface area (Å²) >= 11 is 0. The van der Waals surface area contributed by atoms with Gasteiger partial charge in [-0.3, -0.25) is 0 Å². The van der Waals surface area contributed by atoms with E-state index >= 15 is 0 Å². The first-order valence-electron chi connectivity index (χ1n) is 6.70. The number of aromatic nitrogens is 2. The van der Waals surface area contributed by atoms with Gasteiger partial charge in [0.1, 0.15) is 5.69 Å². The molecule has 0 bridgehead atoms. The maximum atomic E-state index is 12.7. The molecule has 0 N–H and O–H groups in total. The number of rotatable bonds is 5. The Bertz CT molecular complexity index is 570. The summed E-state index contributed by atoms with van der Waals surface area (Å²) in [7, 11) is 0. The number of halogens is 3. The van der Waals surface area contributed by atoms with Gasteiger partial charge in [-0.25, -0.2) is 9.97 Å². The maximum absolute atomic E-state index is 12.7. The number of nitrogens with zero attached hydrogens (tertiary/aromatic N) is 3. The zero-order valence-corrected chi connectivity index (χ0v) is 11.6. The van der Waals surface area contributed by atoms with Gasteiger partial charge >= 0.3 is 6.18 Å². The number of hydrogen-bond acceptors (Lipinski definition) is 3. The van der Waals surface area contributed by atoms with Crippen molar-refractivity contribution in [1.82, 2.24) is 9.97 Å². The van der Waals surface area contributed by atoms with Crippen molar-refractivity contribution >= 4 is 5.95 Å². The molecule has 0 saturated heterocycles. The molecule has 2 rings (SSSR count). The first kappa shape index (κ1) is 15.3. The Morgan fingerprint density at radius 3 is 2.43 bits per heavy atom. The Labute approximate surface area is 121 Å². The summed E-state index contributed by atoms with van der Waals surface area (Å²) in [6.07, 6.45) is -2.51.